The van der Waals surface area contributed by atoms with Gasteiger partial charge in [0.05, 0.1) is 68.9 Å². The number of nitro groups is 1. The first-order chi connectivity index (χ1) is 38.8. The van der Waals surface area contributed by atoms with E-state index in [0.29, 0.717) is 45.2 Å². The lowest BCUT2D eigenvalue weighted by atomic mass is 10.0. The fourth-order valence-corrected chi connectivity index (χ4v) is 9.44. The molecule has 9 N–H and O–H groups in total. The summed E-state index contributed by atoms with van der Waals surface area (Å²) in [6.45, 7) is 19.2. The van der Waals surface area contributed by atoms with Crippen molar-refractivity contribution in [3.63, 3.8) is 0 Å². The van der Waals surface area contributed by atoms with Crippen LogP contribution in [0.1, 0.15) is 84.5 Å². The summed E-state index contributed by atoms with van der Waals surface area (Å²) in [4.78, 5) is 84.6. The first-order valence-corrected chi connectivity index (χ1v) is 28.6. The molecule has 3 atom stereocenters. The van der Waals surface area contributed by atoms with Crippen molar-refractivity contribution in [3.05, 3.63) is 72.3 Å². The Bertz CT molecular complexity index is 2400. The number of rotatable bonds is 35. The lowest BCUT2D eigenvalue weighted by Crippen LogP contribution is -2.49. The number of benzene rings is 1. The zero-order valence-electron chi connectivity index (χ0n) is 48.3. The van der Waals surface area contributed by atoms with Crippen LogP contribution in [0.4, 0.5) is 5.69 Å². The van der Waals surface area contributed by atoms with Gasteiger partial charge in [-0.25, -0.2) is 24.7 Å². The van der Waals surface area contributed by atoms with E-state index < -0.39 is 38.6 Å². The molecule has 0 fully saturated rings. The summed E-state index contributed by atoms with van der Waals surface area (Å²) in [5.74, 6) is 9.83. The smallest absolute Gasteiger partial charge is 0.289 e. The molecule has 1 heterocycles. The largest absolute Gasteiger partial charge is 0.368 e. The van der Waals surface area contributed by atoms with E-state index in [9.17, 15) is 47.3 Å². The Hall–Kier alpha value is -6.67. The van der Waals surface area contributed by atoms with Gasteiger partial charge in [0.2, 0.25) is 15.9 Å². The van der Waals surface area contributed by atoms with Gasteiger partial charge in [-0.05, 0) is 57.7 Å². The Balaban J connectivity index is 0.00000123. The maximum atomic E-state index is 13.1. The number of nitro benzene ring substituents is 1. The Morgan fingerprint density at radius 3 is 1.94 bits per heavy atom. The molecule has 25 heteroatoms. The zero-order chi connectivity index (χ0) is 61.0. The fraction of sp³-hybridized carbons (Fsp3) is 0.571. The van der Waals surface area contributed by atoms with Crippen LogP contribution in [0.3, 0.4) is 0 Å². The van der Waals surface area contributed by atoms with E-state index >= 15 is 0 Å². The number of terminal acetylenes is 2. The molecule has 0 unspecified atom stereocenters. The quantitative estimate of drug-likeness (QED) is 0.0155. The maximum absolute atomic E-state index is 13.1. The number of ketones is 2. The number of nitrogens with zero attached hydrogens (tertiary/aromatic N) is 6. The lowest BCUT2D eigenvalue weighted by molar-refractivity contribution is -0.387. The molecule has 2 rings (SSSR count). The number of nitrogens with two attached hydrogens (primary N) is 1. The molecule has 0 aliphatic carbocycles. The van der Waals surface area contributed by atoms with Gasteiger partial charge in [0, 0.05) is 66.2 Å². The number of carbonyl (C=O) groups is 6. The lowest BCUT2D eigenvalue weighted by Gasteiger charge is -2.23. The fourth-order valence-electron chi connectivity index (χ4n) is 7.83. The highest BCUT2D eigenvalue weighted by Crippen LogP contribution is 2.26. The number of carbonyl (C=O) groups excluding carboxylic acids is 6. The highest BCUT2D eigenvalue weighted by atomic mass is 32.2. The molecule has 4 amide bonds. The van der Waals surface area contributed by atoms with Crippen molar-refractivity contribution in [2.75, 3.05) is 106 Å². The molecular formula is C56H90N14O10S. The van der Waals surface area contributed by atoms with Gasteiger partial charge in [-0.1, -0.05) is 87.2 Å². The van der Waals surface area contributed by atoms with E-state index in [0.717, 1.165) is 68.7 Å². The van der Waals surface area contributed by atoms with Crippen LogP contribution in [0.25, 0.3) is 0 Å². The van der Waals surface area contributed by atoms with Crippen molar-refractivity contribution in [2.24, 2.45) is 5.73 Å². The SMILES string of the molecule is C#CCN(NC)C(=O)CN[C@@H](CCCCN(CC=C)S(=O)(=O)c1ccccc1[N+](=O)[O-])C(=O)CC.C#CCN(NC)C(=O)CN[C@@H](CCCCNCC=C)C(=O)CC.C=CCN1CC#CCN(NC)C(=O)CN[C@H](C(N)=O)CCCC1. The predicted octanol–water partition coefficient (Wildman–Crippen LogP) is 1.01. The number of hydrogen-bond donors (Lipinski definition) is 8. The molecule has 0 radical (unpaired) electrons. The van der Waals surface area contributed by atoms with Crippen LogP contribution in [0.15, 0.2) is 67.1 Å². The molecule has 24 nitrogen and oxygen atoms in total. The van der Waals surface area contributed by atoms with Crippen LogP contribution in [0.5, 0.6) is 0 Å². The molecule has 0 aromatic heterocycles. The van der Waals surface area contributed by atoms with Gasteiger partial charge in [0.15, 0.2) is 4.90 Å². The van der Waals surface area contributed by atoms with Crippen LogP contribution in [-0.4, -0.2) is 197 Å². The second-order valence-electron chi connectivity index (χ2n) is 18.1. The molecule has 1 aliphatic heterocycles. The number of Topliss-reactive ketones (excluding diaryl/α,β-unsaturated/α-hetero) is 2. The summed E-state index contributed by atoms with van der Waals surface area (Å²) >= 11 is 0. The van der Waals surface area contributed by atoms with E-state index in [-0.39, 0.29) is 92.5 Å². The molecule has 1 aliphatic rings. The second kappa shape index (κ2) is 45.0. The number of nitrogens with one attached hydrogen (secondary N) is 7. The minimum atomic E-state index is -4.14. The highest BCUT2D eigenvalue weighted by molar-refractivity contribution is 7.89. The van der Waals surface area contributed by atoms with Crippen LogP contribution in [0.2, 0.25) is 0 Å². The molecule has 0 bridgehead atoms. The van der Waals surface area contributed by atoms with Gasteiger partial charge in [-0.3, -0.25) is 74.8 Å². The van der Waals surface area contributed by atoms with E-state index in [1.54, 1.807) is 28.1 Å². The predicted molar refractivity (Wildman–Crippen MR) is 316 cm³/mol. The zero-order valence-corrected chi connectivity index (χ0v) is 49.1. The molecule has 1 aromatic carbocycles. The van der Waals surface area contributed by atoms with Gasteiger partial charge >= 0.3 is 0 Å². The van der Waals surface area contributed by atoms with Crippen molar-refractivity contribution in [1.29, 1.82) is 0 Å². The highest BCUT2D eigenvalue weighted by Gasteiger charge is 2.31. The molecule has 81 heavy (non-hydrogen) atoms. The average molecular weight is 1150 g/mol. The Morgan fingerprint density at radius 1 is 0.877 bits per heavy atom. The number of para-hydroxylation sites is 1. The summed E-state index contributed by atoms with van der Waals surface area (Å²) < 4.78 is 27.3. The van der Waals surface area contributed by atoms with Crippen molar-refractivity contribution < 1.29 is 42.1 Å². The Labute approximate surface area is 481 Å². The summed E-state index contributed by atoms with van der Waals surface area (Å²) in [6.07, 6.45) is 22.6. The van der Waals surface area contributed by atoms with Crippen LogP contribution in [-0.2, 0) is 38.8 Å². The van der Waals surface area contributed by atoms with Crippen LogP contribution >= 0.6 is 0 Å². The average Bonchev–Trinajstić information content (AvgIpc) is 3.52. The molecule has 0 spiro atoms. The van der Waals surface area contributed by atoms with Crippen LogP contribution < -0.4 is 43.3 Å². The Kier molecular flexibility index (Phi) is 41.3. The van der Waals surface area contributed by atoms with Gasteiger partial charge in [-0.2, -0.15) is 4.31 Å². The monoisotopic (exact) mass is 1150 g/mol. The molecule has 0 saturated heterocycles. The summed E-state index contributed by atoms with van der Waals surface area (Å²) in [5.41, 5.74) is 13.1. The van der Waals surface area contributed by atoms with Gasteiger partial charge < -0.3 is 11.1 Å². The standard InChI is InChI=1S/C23H33N5O6S.C17H30N4O2.C16H27N5O2/c1-5-15-26(35(33,34)22-14-9-8-13-20(22)28(31)32)17-11-10-12-19(21(29)7-3)25-18-23(30)27(24-4)16-6-2;1-5-11-19-12-9-8-10-15(16(22)7-3)20-14-17(23)21(18-4)13-6-2;1-3-9-20-10-5-4-8-14(16(17)23)19-13-15(22)21(18-2)12-7-6-11-20/h2,5,8-9,13-14,19,24-25H,1,7,10-12,15-18H2,3-4H3;2,5,15,18-20H,1,7-14H2,3-4H3;3,14,18-19H,1,4-5,8-13H2,2H3,(H2,17,23)/t19-;15-;14-/m000/s1. The van der Waals surface area contributed by atoms with E-state index in [4.69, 9.17) is 18.6 Å². The van der Waals surface area contributed by atoms with Gasteiger partial charge in [-0.15, -0.1) is 32.6 Å². The first-order valence-electron chi connectivity index (χ1n) is 27.1. The summed E-state index contributed by atoms with van der Waals surface area (Å²) in [6, 6.07) is 3.83. The minimum absolute atomic E-state index is 0.0204. The number of primary amides is 1. The molecule has 1 aromatic rings. The topological polar surface area (TPSA) is 306 Å². The Morgan fingerprint density at radius 2 is 1.44 bits per heavy atom. The van der Waals surface area contributed by atoms with E-state index in [1.807, 2.05) is 19.1 Å². The third-order valence-corrected chi connectivity index (χ3v) is 14.3. The third kappa shape index (κ3) is 30.7. The first kappa shape index (κ1) is 74.3. The minimum Gasteiger partial charge on any atom is -0.368 e. The number of sulfonamides is 1. The van der Waals surface area contributed by atoms with Crippen molar-refractivity contribution in [3.8, 4) is 36.5 Å². The molecule has 450 valence electrons. The summed E-state index contributed by atoms with van der Waals surface area (Å²) in [5, 5.41) is 27.5. The van der Waals surface area contributed by atoms with Gasteiger partial charge in [0.1, 0.15) is 11.6 Å². The van der Waals surface area contributed by atoms with Crippen molar-refractivity contribution >= 4 is 50.9 Å². The summed E-state index contributed by atoms with van der Waals surface area (Å²) in [7, 11) is 0.735. The normalized spacial score (nSPS) is 14.7. The van der Waals surface area contributed by atoms with Crippen LogP contribution in [0, 0.1) is 46.6 Å². The van der Waals surface area contributed by atoms with Gasteiger partial charge in [0.25, 0.3) is 23.4 Å². The number of hydrazine groups is 3. The molecule has 0 saturated carbocycles. The van der Waals surface area contributed by atoms with E-state index in [2.05, 4.69) is 85.9 Å². The number of hydrogen-bond acceptors (Lipinski definition) is 18. The van der Waals surface area contributed by atoms with Crippen molar-refractivity contribution in [1.82, 2.24) is 61.8 Å². The van der Waals surface area contributed by atoms with Crippen molar-refractivity contribution in [2.45, 2.75) is 107 Å². The third-order valence-electron chi connectivity index (χ3n) is 12.3. The van der Waals surface area contributed by atoms with E-state index in [1.165, 1.54) is 39.3 Å². The molecular weight excluding hydrogens is 1060 g/mol. The number of unbranched alkanes of at least 4 members (excludes halogenated alkanes) is 2. The number of amides is 4. The second-order valence-corrected chi connectivity index (χ2v) is 20.0. The maximum Gasteiger partial charge on any atom is 0.289 e.